The Morgan fingerprint density at radius 3 is 2.96 bits per heavy atom. The summed E-state index contributed by atoms with van der Waals surface area (Å²) in [6, 6.07) is 8.18. The minimum atomic E-state index is 0.535. The van der Waals surface area contributed by atoms with Gasteiger partial charge in [0, 0.05) is 31.7 Å². The van der Waals surface area contributed by atoms with Crippen LogP contribution in [0.2, 0.25) is 0 Å². The molecule has 130 valence electrons. The molecule has 2 aromatic rings. The van der Waals surface area contributed by atoms with Gasteiger partial charge >= 0.3 is 0 Å². The Hall–Kier alpha value is -2.51. The summed E-state index contributed by atoms with van der Waals surface area (Å²) in [6.07, 6.45) is 1.79. The first-order valence-corrected chi connectivity index (χ1v) is 8.58. The van der Waals surface area contributed by atoms with Gasteiger partial charge in [0.2, 0.25) is 5.95 Å². The molecule has 1 aromatic carbocycles. The lowest BCUT2D eigenvalue weighted by molar-refractivity contribution is 0.122. The third kappa shape index (κ3) is 3.62. The zero-order chi connectivity index (χ0) is 17.1. The number of nitrogens with zero attached hydrogens (tertiary/aromatic N) is 4. The molecule has 0 spiro atoms. The van der Waals surface area contributed by atoms with Crippen LogP contribution in [0, 0.1) is 6.92 Å². The van der Waals surface area contributed by atoms with Crippen LogP contribution in [0.1, 0.15) is 22.4 Å². The van der Waals surface area contributed by atoms with E-state index in [4.69, 9.17) is 9.72 Å². The molecule has 1 saturated heterocycles. The number of morpholine rings is 1. The molecule has 0 aliphatic carbocycles. The van der Waals surface area contributed by atoms with E-state index in [1.165, 1.54) is 11.1 Å². The summed E-state index contributed by atoms with van der Waals surface area (Å²) in [7, 11) is 0. The highest BCUT2D eigenvalue weighted by Crippen LogP contribution is 2.26. The smallest absolute Gasteiger partial charge is 0.245 e. The maximum atomic E-state index is 5.45. The zero-order valence-corrected chi connectivity index (χ0v) is 14.3. The lowest BCUT2D eigenvalue weighted by Gasteiger charge is -2.29. The van der Waals surface area contributed by atoms with Gasteiger partial charge in [-0.1, -0.05) is 29.8 Å². The molecule has 0 radical (unpaired) electrons. The van der Waals surface area contributed by atoms with Gasteiger partial charge in [-0.2, -0.15) is 10.1 Å². The Kier molecular flexibility index (Phi) is 4.58. The van der Waals surface area contributed by atoms with Gasteiger partial charge in [-0.05, 0) is 12.5 Å². The fourth-order valence-electron chi connectivity index (χ4n) is 3.15. The zero-order valence-electron chi connectivity index (χ0n) is 14.3. The molecule has 2 N–H and O–H groups in total. The van der Waals surface area contributed by atoms with Crippen LogP contribution in [0.3, 0.4) is 0 Å². The standard InChI is InChI=1S/C18H22N6O/c1-13-3-2-4-14(9-13)10-20-23-18-21-16-12-19-11-15(16)17(22-18)24-5-7-25-8-6-24/h2-4,9-10,19H,5-8,11-12H2,1H3,(H,21,22,23)/b20-10+. The summed E-state index contributed by atoms with van der Waals surface area (Å²) in [5, 5.41) is 7.66. The quantitative estimate of drug-likeness (QED) is 0.652. The van der Waals surface area contributed by atoms with Gasteiger partial charge in [-0.25, -0.2) is 10.4 Å². The van der Waals surface area contributed by atoms with Crippen LogP contribution in [0.4, 0.5) is 11.8 Å². The maximum Gasteiger partial charge on any atom is 0.245 e. The van der Waals surface area contributed by atoms with Crippen molar-refractivity contribution < 1.29 is 4.74 Å². The molecule has 1 aromatic heterocycles. The molecule has 2 aliphatic rings. The second kappa shape index (κ2) is 7.16. The van der Waals surface area contributed by atoms with Crippen molar-refractivity contribution in [3.05, 3.63) is 46.6 Å². The van der Waals surface area contributed by atoms with E-state index in [0.29, 0.717) is 5.95 Å². The molecule has 1 fully saturated rings. The van der Waals surface area contributed by atoms with Crippen molar-refractivity contribution in [1.82, 2.24) is 15.3 Å². The molecule has 2 aliphatic heterocycles. The number of aryl methyl sites for hydroxylation is 1. The van der Waals surface area contributed by atoms with Crippen LogP contribution >= 0.6 is 0 Å². The number of anilines is 2. The molecule has 0 saturated carbocycles. The van der Waals surface area contributed by atoms with E-state index >= 15 is 0 Å². The van der Waals surface area contributed by atoms with Crippen LogP contribution in [-0.2, 0) is 17.8 Å². The Balaban J connectivity index is 1.55. The average molecular weight is 338 g/mol. The normalized spacial score (nSPS) is 17.1. The SMILES string of the molecule is Cc1cccc(/C=N/Nc2nc3c(c(N4CCOCC4)n2)CNC3)c1. The molecule has 25 heavy (non-hydrogen) atoms. The number of fused-ring (bicyclic) bond motifs is 1. The molecule has 4 rings (SSSR count). The van der Waals surface area contributed by atoms with Gasteiger partial charge in [0.25, 0.3) is 0 Å². The highest BCUT2D eigenvalue weighted by Gasteiger charge is 2.23. The van der Waals surface area contributed by atoms with Gasteiger partial charge < -0.3 is 15.0 Å². The van der Waals surface area contributed by atoms with E-state index in [2.05, 4.69) is 44.8 Å². The van der Waals surface area contributed by atoms with Crippen LogP contribution in [-0.4, -0.2) is 42.5 Å². The average Bonchev–Trinajstić information content (AvgIpc) is 3.10. The van der Waals surface area contributed by atoms with Crippen molar-refractivity contribution in [3.8, 4) is 0 Å². The Labute approximate surface area is 147 Å². The van der Waals surface area contributed by atoms with E-state index < -0.39 is 0 Å². The number of benzene rings is 1. The fraction of sp³-hybridized carbons (Fsp3) is 0.389. The number of rotatable bonds is 4. The molecule has 0 unspecified atom stereocenters. The number of hydrazone groups is 1. The molecule has 0 atom stereocenters. The lowest BCUT2D eigenvalue weighted by atomic mass is 10.2. The molecular formula is C18H22N6O. The van der Waals surface area contributed by atoms with Gasteiger partial charge in [0.05, 0.1) is 25.1 Å². The van der Waals surface area contributed by atoms with Crippen molar-refractivity contribution in [2.45, 2.75) is 20.0 Å². The fourth-order valence-corrected chi connectivity index (χ4v) is 3.15. The molecule has 0 amide bonds. The van der Waals surface area contributed by atoms with E-state index in [1.54, 1.807) is 6.21 Å². The maximum absolute atomic E-state index is 5.45. The van der Waals surface area contributed by atoms with Crippen LogP contribution in [0.25, 0.3) is 0 Å². The summed E-state index contributed by atoms with van der Waals surface area (Å²) in [5.41, 5.74) is 7.47. The van der Waals surface area contributed by atoms with Gasteiger partial charge in [-0.3, -0.25) is 0 Å². The summed E-state index contributed by atoms with van der Waals surface area (Å²) in [5.74, 6) is 1.53. The van der Waals surface area contributed by atoms with Crippen molar-refractivity contribution in [3.63, 3.8) is 0 Å². The van der Waals surface area contributed by atoms with E-state index in [0.717, 1.165) is 56.5 Å². The van der Waals surface area contributed by atoms with Gasteiger partial charge in [0.1, 0.15) is 5.82 Å². The summed E-state index contributed by atoms with van der Waals surface area (Å²) in [4.78, 5) is 11.6. The topological polar surface area (TPSA) is 74.7 Å². The number of hydrogen-bond donors (Lipinski definition) is 2. The predicted octanol–water partition coefficient (Wildman–Crippen LogP) is 1.67. The van der Waals surface area contributed by atoms with Crippen LogP contribution in [0.5, 0.6) is 0 Å². The first-order chi connectivity index (χ1) is 12.3. The Morgan fingerprint density at radius 2 is 2.12 bits per heavy atom. The van der Waals surface area contributed by atoms with Crippen molar-refractivity contribution in [2.24, 2.45) is 5.10 Å². The Bertz CT molecular complexity index is 785. The molecule has 7 heteroatoms. The van der Waals surface area contributed by atoms with Crippen molar-refractivity contribution in [2.75, 3.05) is 36.6 Å². The highest BCUT2D eigenvalue weighted by molar-refractivity contribution is 5.80. The third-order valence-corrected chi connectivity index (χ3v) is 4.40. The minimum Gasteiger partial charge on any atom is -0.378 e. The van der Waals surface area contributed by atoms with Crippen molar-refractivity contribution >= 4 is 18.0 Å². The molecule has 7 nitrogen and oxygen atoms in total. The number of hydrogen-bond acceptors (Lipinski definition) is 7. The van der Waals surface area contributed by atoms with Crippen molar-refractivity contribution in [1.29, 1.82) is 0 Å². The molecule has 0 bridgehead atoms. The van der Waals surface area contributed by atoms with E-state index in [-0.39, 0.29) is 0 Å². The monoisotopic (exact) mass is 338 g/mol. The number of aromatic nitrogens is 2. The van der Waals surface area contributed by atoms with E-state index in [9.17, 15) is 0 Å². The molecular weight excluding hydrogens is 316 g/mol. The minimum absolute atomic E-state index is 0.535. The number of ether oxygens (including phenoxy) is 1. The van der Waals surface area contributed by atoms with Crippen LogP contribution in [0.15, 0.2) is 29.4 Å². The first kappa shape index (κ1) is 16.0. The van der Waals surface area contributed by atoms with Crippen LogP contribution < -0.4 is 15.6 Å². The second-order valence-corrected chi connectivity index (χ2v) is 6.28. The number of nitrogens with one attached hydrogen (secondary N) is 2. The second-order valence-electron chi connectivity index (χ2n) is 6.28. The lowest BCUT2D eigenvalue weighted by Crippen LogP contribution is -2.37. The predicted molar refractivity (Wildman–Crippen MR) is 98.0 cm³/mol. The van der Waals surface area contributed by atoms with Gasteiger partial charge in [0.15, 0.2) is 0 Å². The summed E-state index contributed by atoms with van der Waals surface area (Å²) < 4.78 is 5.45. The molecule has 3 heterocycles. The van der Waals surface area contributed by atoms with Gasteiger partial charge in [-0.15, -0.1) is 0 Å². The largest absolute Gasteiger partial charge is 0.378 e. The van der Waals surface area contributed by atoms with E-state index in [1.807, 2.05) is 12.1 Å². The Morgan fingerprint density at radius 1 is 1.24 bits per heavy atom. The third-order valence-electron chi connectivity index (χ3n) is 4.40. The summed E-state index contributed by atoms with van der Waals surface area (Å²) >= 11 is 0. The first-order valence-electron chi connectivity index (χ1n) is 8.58. The highest BCUT2D eigenvalue weighted by atomic mass is 16.5. The summed E-state index contributed by atoms with van der Waals surface area (Å²) in [6.45, 7) is 6.84.